The third kappa shape index (κ3) is 1.28. The first kappa shape index (κ1) is 8.47. The highest BCUT2D eigenvalue weighted by Gasteiger charge is 2.07. The first-order valence-electron chi connectivity index (χ1n) is 3.38. The summed E-state index contributed by atoms with van der Waals surface area (Å²) in [6.45, 7) is 0. The molecule has 2 rings (SSSR count). The maximum absolute atomic E-state index is 10.5. The first-order chi connectivity index (χ1) is 6.22. The molecule has 0 radical (unpaired) electrons. The number of carbonyl (C=O) groups is 1. The van der Waals surface area contributed by atoms with E-state index in [1.807, 2.05) is 0 Å². The minimum atomic E-state index is 0.0109. The highest BCUT2D eigenvalue weighted by molar-refractivity contribution is 6.34. The van der Waals surface area contributed by atoms with Crippen LogP contribution in [-0.2, 0) is 0 Å². The van der Waals surface area contributed by atoms with Crippen LogP contribution in [0.15, 0.2) is 12.1 Å². The van der Waals surface area contributed by atoms with Gasteiger partial charge in [-0.25, -0.2) is 9.50 Å². The predicted molar refractivity (Wildman–Crippen MR) is 48.4 cm³/mol. The van der Waals surface area contributed by atoms with E-state index >= 15 is 0 Å². The molecule has 4 nitrogen and oxygen atoms in total. The monoisotopic (exact) mass is 215 g/mol. The van der Waals surface area contributed by atoms with Crippen LogP contribution in [0, 0.1) is 0 Å². The van der Waals surface area contributed by atoms with Gasteiger partial charge < -0.3 is 0 Å². The second-order valence-corrected chi connectivity index (χ2v) is 3.04. The second-order valence-electron chi connectivity index (χ2n) is 2.34. The van der Waals surface area contributed by atoms with Gasteiger partial charge in [-0.15, -0.1) is 5.10 Å². The summed E-state index contributed by atoms with van der Waals surface area (Å²) in [5, 5.41) is 4.06. The third-order valence-corrected chi connectivity index (χ3v) is 2.03. The molecule has 2 aromatic rings. The highest BCUT2D eigenvalue weighted by Crippen LogP contribution is 2.17. The molecule has 0 saturated heterocycles. The summed E-state index contributed by atoms with van der Waals surface area (Å²) in [6, 6.07) is 3.25. The molecular weight excluding hydrogens is 213 g/mol. The molecule has 66 valence electrons. The third-order valence-electron chi connectivity index (χ3n) is 1.59. The standard InChI is InChI=1S/C7H3Cl2N3O/c8-6-5-2-1-4(3-13)12(5)11-7(9)10-6/h1-3H. The van der Waals surface area contributed by atoms with Gasteiger partial charge in [0.05, 0.1) is 0 Å². The summed E-state index contributed by atoms with van der Waals surface area (Å²) in [5.41, 5.74) is 0.953. The molecule has 0 saturated carbocycles. The largest absolute Gasteiger partial charge is 0.296 e. The molecule has 0 bridgehead atoms. The quantitative estimate of drug-likeness (QED) is 0.683. The number of nitrogens with zero attached hydrogens (tertiary/aromatic N) is 3. The van der Waals surface area contributed by atoms with Gasteiger partial charge in [-0.1, -0.05) is 11.6 Å². The molecule has 0 amide bonds. The molecule has 0 aliphatic carbocycles. The minimum absolute atomic E-state index is 0.0109. The molecule has 0 aromatic carbocycles. The zero-order chi connectivity index (χ0) is 9.42. The average Bonchev–Trinajstić information content (AvgIpc) is 2.47. The van der Waals surface area contributed by atoms with Gasteiger partial charge >= 0.3 is 0 Å². The Morgan fingerprint density at radius 3 is 2.85 bits per heavy atom. The maximum atomic E-state index is 10.5. The smallest absolute Gasteiger partial charge is 0.242 e. The van der Waals surface area contributed by atoms with Gasteiger partial charge in [0, 0.05) is 0 Å². The SMILES string of the molecule is O=Cc1ccc2c(Cl)nc(Cl)nn12. The molecule has 6 heteroatoms. The van der Waals surface area contributed by atoms with E-state index in [9.17, 15) is 4.79 Å². The molecule has 0 aliphatic heterocycles. The van der Waals surface area contributed by atoms with E-state index in [0.717, 1.165) is 0 Å². The summed E-state index contributed by atoms with van der Waals surface area (Å²) >= 11 is 11.3. The fourth-order valence-electron chi connectivity index (χ4n) is 1.04. The molecular formula is C7H3Cl2N3O. The second kappa shape index (κ2) is 2.97. The van der Waals surface area contributed by atoms with Crippen molar-refractivity contribution < 1.29 is 4.79 Å². The van der Waals surface area contributed by atoms with Crippen molar-refractivity contribution in [2.24, 2.45) is 0 Å². The number of aromatic nitrogens is 3. The molecule has 13 heavy (non-hydrogen) atoms. The van der Waals surface area contributed by atoms with Crippen molar-refractivity contribution in [3.63, 3.8) is 0 Å². The van der Waals surface area contributed by atoms with Crippen LogP contribution in [0.25, 0.3) is 5.52 Å². The van der Waals surface area contributed by atoms with Gasteiger partial charge in [0.25, 0.3) is 0 Å². The number of halogens is 2. The lowest BCUT2D eigenvalue weighted by Crippen LogP contribution is -1.98. The average molecular weight is 216 g/mol. The van der Waals surface area contributed by atoms with Crippen molar-refractivity contribution in [3.05, 3.63) is 28.3 Å². The zero-order valence-electron chi connectivity index (χ0n) is 6.24. The van der Waals surface area contributed by atoms with Gasteiger partial charge in [-0.3, -0.25) is 4.79 Å². The van der Waals surface area contributed by atoms with E-state index in [4.69, 9.17) is 23.2 Å². The van der Waals surface area contributed by atoms with Gasteiger partial charge in [-0.05, 0) is 23.7 Å². The molecule has 0 N–H and O–H groups in total. The van der Waals surface area contributed by atoms with E-state index in [2.05, 4.69) is 10.1 Å². The molecule has 2 aromatic heterocycles. The number of fused-ring (bicyclic) bond motifs is 1. The Bertz CT molecular complexity index is 480. The Morgan fingerprint density at radius 1 is 1.38 bits per heavy atom. The molecule has 0 atom stereocenters. The van der Waals surface area contributed by atoms with Crippen LogP contribution in [0.2, 0.25) is 10.4 Å². The first-order valence-corrected chi connectivity index (χ1v) is 4.14. The maximum Gasteiger partial charge on any atom is 0.242 e. The normalized spacial score (nSPS) is 10.6. The van der Waals surface area contributed by atoms with E-state index in [0.29, 0.717) is 17.5 Å². The zero-order valence-corrected chi connectivity index (χ0v) is 7.75. The Balaban J connectivity index is 2.89. The minimum Gasteiger partial charge on any atom is -0.296 e. The van der Waals surface area contributed by atoms with Crippen LogP contribution in [0.1, 0.15) is 10.5 Å². The van der Waals surface area contributed by atoms with Crippen LogP contribution in [-0.4, -0.2) is 20.9 Å². The Morgan fingerprint density at radius 2 is 2.15 bits per heavy atom. The van der Waals surface area contributed by atoms with Crippen molar-refractivity contribution in [2.75, 3.05) is 0 Å². The Kier molecular flexibility index (Phi) is 1.94. The van der Waals surface area contributed by atoms with Crippen LogP contribution in [0.3, 0.4) is 0 Å². The molecule has 0 unspecified atom stereocenters. The van der Waals surface area contributed by atoms with Gasteiger partial charge in [0.1, 0.15) is 11.2 Å². The number of rotatable bonds is 1. The molecule has 2 heterocycles. The summed E-state index contributed by atoms with van der Waals surface area (Å²) in [6.07, 6.45) is 0.673. The molecule has 0 aliphatic rings. The lowest BCUT2D eigenvalue weighted by Gasteiger charge is -1.97. The molecule has 0 fully saturated rings. The molecule has 0 spiro atoms. The number of hydrogen-bond donors (Lipinski definition) is 0. The fourth-order valence-corrected chi connectivity index (χ4v) is 1.47. The Hall–Kier alpha value is -1.13. The summed E-state index contributed by atoms with van der Waals surface area (Å²) in [5.74, 6) is 0. The van der Waals surface area contributed by atoms with Crippen LogP contribution in [0.4, 0.5) is 0 Å². The van der Waals surface area contributed by atoms with Crippen molar-refractivity contribution in [2.45, 2.75) is 0 Å². The topological polar surface area (TPSA) is 47.3 Å². The van der Waals surface area contributed by atoms with E-state index < -0.39 is 0 Å². The summed E-state index contributed by atoms with van der Waals surface area (Å²) in [7, 11) is 0. The highest BCUT2D eigenvalue weighted by atomic mass is 35.5. The Labute approximate surface area is 83.1 Å². The van der Waals surface area contributed by atoms with Crippen molar-refractivity contribution in [1.82, 2.24) is 14.6 Å². The van der Waals surface area contributed by atoms with Gasteiger partial charge in [-0.2, -0.15) is 0 Å². The van der Waals surface area contributed by atoms with E-state index in [-0.39, 0.29) is 10.4 Å². The van der Waals surface area contributed by atoms with Crippen LogP contribution < -0.4 is 0 Å². The van der Waals surface area contributed by atoms with Crippen LogP contribution in [0.5, 0.6) is 0 Å². The lowest BCUT2D eigenvalue weighted by atomic mass is 10.5. The number of aldehydes is 1. The predicted octanol–water partition coefficient (Wildman–Crippen LogP) is 1.85. The summed E-state index contributed by atoms with van der Waals surface area (Å²) < 4.78 is 1.35. The van der Waals surface area contributed by atoms with Crippen molar-refractivity contribution in [3.8, 4) is 0 Å². The summed E-state index contributed by atoms with van der Waals surface area (Å²) in [4.78, 5) is 14.3. The van der Waals surface area contributed by atoms with Gasteiger partial charge in [0.15, 0.2) is 11.4 Å². The van der Waals surface area contributed by atoms with E-state index in [1.54, 1.807) is 12.1 Å². The fraction of sp³-hybridized carbons (Fsp3) is 0. The number of hydrogen-bond acceptors (Lipinski definition) is 3. The van der Waals surface area contributed by atoms with Crippen LogP contribution >= 0.6 is 23.2 Å². The van der Waals surface area contributed by atoms with E-state index in [1.165, 1.54) is 4.52 Å². The van der Waals surface area contributed by atoms with Crippen molar-refractivity contribution >= 4 is 35.0 Å². The lowest BCUT2D eigenvalue weighted by molar-refractivity contribution is 0.111. The number of carbonyl (C=O) groups excluding carboxylic acids is 1. The van der Waals surface area contributed by atoms with Gasteiger partial charge in [0.2, 0.25) is 5.28 Å². The van der Waals surface area contributed by atoms with Crippen molar-refractivity contribution in [1.29, 1.82) is 0 Å².